The van der Waals surface area contributed by atoms with Crippen molar-refractivity contribution in [1.82, 2.24) is 4.57 Å². The standard InChI is InChI=1S/C20H24N2O2/c1-13(23)7-10-24-17-5-6-18-15(11-17)3-4-16-12-19-14(2)21-8-9-22(19)20(16)18/h5-6,11-13,23H,3-4,7-10H2,1-2H3. The molecule has 1 atom stereocenters. The summed E-state index contributed by atoms with van der Waals surface area (Å²) < 4.78 is 8.23. The van der Waals surface area contributed by atoms with Crippen LogP contribution in [0.15, 0.2) is 29.3 Å². The Bertz CT molecular complexity index is 802. The average molecular weight is 324 g/mol. The molecule has 0 saturated carbocycles. The molecule has 4 nitrogen and oxygen atoms in total. The highest BCUT2D eigenvalue weighted by Crippen LogP contribution is 2.38. The number of hydrogen-bond donors (Lipinski definition) is 1. The van der Waals surface area contributed by atoms with Gasteiger partial charge in [0, 0.05) is 18.5 Å². The fourth-order valence-electron chi connectivity index (χ4n) is 3.76. The minimum absolute atomic E-state index is 0.317. The summed E-state index contributed by atoms with van der Waals surface area (Å²) in [6.07, 6.45) is 2.47. The lowest BCUT2D eigenvalue weighted by molar-refractivity contribution is 0.155. The number of aromatic nitrogens is 1. The molecule has 1 aliphatic carbocycles. The van der Waals surface area contributed by atoms with E-state index in [1.165, 1.54) is 28.1 Å². The second kappa shape index (κ2) is 6.10. The molecule has 0 saturated heterocycles. The summed E-state index contributed by atoms with van der Waals surface area (Å²) in [6, 6.07) is 8.74. The summed E-state index contributed by atoms with van der Waals surface area (Å²) in [4.78, 5) is 4.59. The monoisotopic (exact) mass is 324 g/mol. The second-order valence-corrected chi connectivity index (χ2v) is 6.83. The molecule has 0 radical (unpaired) electrons. The van der Waals surface area contributed by atoms with Gasteiger partial charge in [-0.1, -0.05) is 0 Å². The van der Waals surface area contributed by atoms with Crippen molar-refractivity contribution in [2.45, 2.75) is 45.8 Å². The van der Waals surface area contributed by atoms with E-state index in [0.717, 1.165) is 37.4 Å². The highest BCUT2D eigenvalue weighted by atomic mass is 16.5. The smallest absolute Gasteiger partial charge is 0.119 e. The number of aliphatic imine (C=N–C) groups is 1. The maximum absolute atomic E-state index is 9.35. The number of fused-ring (bicyclic) bond motifs is 5. The number of hydrogen-bond acceptors (Lipinski definition) is 3. The van der Waals surface area contributed by atoms with Gasteiger partial charge in [0.05, 0.1) is 36.4 Å². The maximum atomic E-state index is 9.35. The third-order valence-corrected chi connectivity index (χ3v) is 5.02. The molecule has 0 bridgehead atoms. The van der Waals surface area contributed by atoms with Crippen LogP contribution >= 0.6 is 0 Å². The molecule has 126 valence electrons. The number of aliphatic hydroxyl groups is 1. The van der Waals surface area contributed by atoms with Gasteiger partial charge < -0.3 is 14.4 Å². The molecular formula is C20H24N2O2. The lowest BCUT2D eigenvalue weighted by atomic mass is 9.90. The summed E-state index contributed by atoms with van der Waals surface area (Å²) in [5, 5.41) is 9.35. The van der Waals surface area contributed by atoms with Crippen molar-refractivity contribution in [3.63, 3.8) is 0 Å². The van der Waals surface area contributed by atoms with Crippen molar-refractivity contribution >= 4 is 5.71 Å². The van der Waals surface area contributed by atoms with E-state index in [9.17, 15) is 5.11 Å². The quantitative estimate of drug-likeness (QED) is 0.938. The predicted octanol–water partition coefficient (Wildman–Crippen LogP) is 3.23. The van der Waals surface area contributed by atoms with Crippen molar-refractivity contribution in [2.24, 2.45) is 4.99 Å². The Balaban J connectivity index is 1.66. The van der Waals surface area contributed by atoms with E-state index in [0.29, 0.717) is 13.0 Å². The van der Waals surface area contributed by atoms with Gasteiger partial charge in [-0.25, -0.2) is 0 Å². The van der Waals surface area contributed by atoms with Gasteiger partial charge in [0.25, 0.3) is 0 Å². The van der Waals surface area contributed by atoms with Gasteiger partial charge in [-0.15, -0.1) is 0 Å². The van der Waals surface area contributed by atoms with Crippen LogP contribution in [0.25, 0.3) is 11.3 Å². The van der Waals surface area contributed by atoms with E-state index in [1.54, 1.807) is 6.92 Å². The molecule has 4 heteroatoms. The number of nitrogens with zero attached hydrogens (tertiary/aromatic N) is 2. The van der Waals surface area contributed by atoms with E-state index in [2.05, 4.69) is 40.7 Å². The highest BCUT2D eigenvalue weighted by Gasteiger charge is 2.25. The molecule has 0 fully saturated rings. The van der Waals surface area contributed by atoms with Crippen LogP contribution in [0.5, 0.6) is 5.75 Å². The fourth-order valence-corrected chi connectivity index (χ4v) is 3.76. The van der Waals surface area contributed by atoms with Crippen molar-refractivity contribution in [3.8, 4) is 17.0 Å². The number of ether oxygens (including phenoxy) is 1. The third-order valence-electron chi connectivity index (χ3n) is 5.02. The van der Waals surface area contributed by atoms with Crippen LogP contribution in [0.4, 0.5) is 0 Å². The first-order valence-electron chi connectivity index (χ1n) is 8.81. The summed E-state index contributed by atoms with van der Waals surface area (Å²) in [6.45, 7) is 6.29. The van der Waals surface area contributed by atoms with Crippen molar-refractivity contribution in [1.29, 1.82) is 0 Å². The lowest BCUT2D eigenvalue weighted by Crippen LogP contribution is -2.17. The number of aliphatic hydroxyl groups excluding tert-OH is 1. The molecular weight excluding hydrogens is 300 g/mol. The molecule has 2 aliphatic rings. The Morgan fingerprint density at radius 3 is 2.92 bits per heavy atom. The molecule has 2 aromatic rings. The first-order valence-corrected chi connectivity index (χ1v) is 8.81. The van der Waals surface area contributed by atoms with Crippen molar-refractivity contribution in [3.05, 3.63) is 41.1 Å². The van der Waals surface area contributed by atoms with Crippen LogP contribution in [0, 0.1) is 0 Å². The molecule has 1 aromatic carbocycles. The maximum Gasteiger partial charge on any atom is 0.119 e. The normalized spacial score (nSPS) is 16.7. The molecule has 0 amide bonds. The third kappa shape index (κ3) is 2.65. The van der Waals surface area contributed by atoms with Gasteiger partial charge in [-0.05, 0) is 62.1 Å². The van der Waals surface area contributed by atoms with E-state index in [1.807, 2.05) is 0 Å². The second-order valence-electron chi connectivity index (χ2n) is 6.83. The van der Waals surface area contributed by atoms with E-state index >= 15 is 0 Å². The van der Waals surface area contributed by atoms with Gasteiger partial charge in [-0.3, -0.25) is 4.99 Å². The highest BCUT2D eigenvalue weighted by molar-refractivity contribution is 5.99. The van der Waals surface area contributed by atoms with Crippen LogP contribution in [-0.2, 0) is 19.4 Å². The molecule has 2 heterocycles. The Labute approximate surface area is 142 Å². The van der Waals surface area contributed by atoms with Gasteiger partial charge in [0.1, 0.15) is 5.75 Å². The number of rotatable bonds is 4. The van der Waals surface area contributed by atoms with E-state index in [-0.39, 0.29) is 6.10 Å². The van der Waals surface area contributed by atoms with E-state index in [4.69, 9.17) is 4.74 Å². The molecule has 1 unspecified atom stereocenters. The average Bonchev–Trinajstić information content (AvgIpc) is 2.95. The zero-order valence-corrected chi connectivity index (χ0v) is 14.4. The van der Waals surface area contributed by atoms with Gasteiger partial charge in [-0.2, -0.15) is 0 Å². The molecule has 4 rings (SSSR count). The topological polar surface area (TPSA) is 46.8 Å². The number of benzene rings is 1. The largest absolute Gasteiger partial charge is 0.493 e. The first kappa shape index (κ1) is 15.5. The summed E-state index contributed by atoms with van der Waals surface area (Å²) in [7, 11) is 0. The Morgan fingerprint density at radius 1 is 1.25 bits per heavy atom. The molecule has 1 aliphatic heterocycles. The zero-order chi connectivity index (χ0) is 16.7. The van der Waals surface area contributed by atoms with Crippen LogP contribution < -0.4 is 4.74 Å². The molecule has 24 heavy (non-hydrogen) atoms. The zero-order valence-electron chi connectivity index (χ0n) is 14.4. The summed E-state index contributed by atoms with van der Waals surface area (Å²) in [5.41, 5.74) is 7.93. The Morgan fingerprint density at radius 2 is 2.08 bits per heavy atom. The van der Waals surface area contributed by atoms with Crippen LogP contribution in [-0.4, -0.2) is 34.6 Å². The van der Waals surface area contributed by atoms with Crippen LogP contribution in [0.2, 0.25) is 0 Å². The first-order chi connectivity index (χ1) is 11.6. The van der Waals surface area contributed by atoms with Crippen molar-refractivity contribution < 1.29 is 9.84 Å². The lowest BCUT2D eigenvalue weighted by Gasteiger charge is -2.22. The minimum atomic E-state index is -0.317. The van der Waals surface area contributed by atoms with Gasteiger partial charge in [0.2, 0.25) is 0 Å². The Hall–Kier alpha value is -2.07. The minimum Gasteiger partial charge on any atom is -0.493 e. The molecule has 1 aromatic heterocycles. The van der Waals surface area contributed by atoms with Crippen LogP contribution in [0.3, 0.4) is 0 Å². The fraction of sp³-hybridized carbons (Fsp3) is 0.450. The summed E-state index contributed by atoms with van der Waals surface area (Å²) >= 11 is 0. The summed E-state index contributed by atoms with van der Waals surface area (Å²) in [5.74, 6) is 0.904. The Kier molecular flexibility index (Phi) is 3.93. The van der Waals surface area contributed by atoms with Crippen molar-refractivity contribution in [2.75, 3.05) is 13.2 Å². The van der Waals surface area contributed by atoms with Gasteiger partial charge in [0.15, 0.2) is 0 Å². The molecule has 1 N–H and O–H groups in total. The van der Waals surface area contributed by atoms with Gasteiger partial charge >= 0.3 is 0 Å². The number of aryl methyl sites for hydroxylation is 2. The molecule has 0 spiro atoms. The predicted molar refractivity (Wildman–Crippen MR) is 96.1 cm³/mol. The van der Waals surface area contributed by atoms with Crippen LogP contribution in [0.1, 0.15) is 37.1 Å². The van der Waals surface area contributed by atoms with E-state index < -0.39 is 0 Å². The SMILES string of the molecule is CC1=NCCn2c1cc1c2-c2ccc(OCCC(C)O)cc2CC1.